The minimum Gasteiger partial charge on any atom is -0.483 e. The van der Waals surface area contributed by atoms with Gasteiger partial charge in [0, 0.05) is 43.7 Å². The zero-order valence-corrected chi connectivity index (χ0v) is 26.0. The van der Waals surface area contributed by atoms with Crippen LogP contribution in [0.15, 0.2) is 77.7 Å². The Labute approximate surface area is 250 Å². The molecular weight excluding hydrogens is 548 g/mol. The van der Waals surface area contributed by atoms with E-state index in [1.165, 1.54) is 0 Å². The number of amides is 1. The Bertz CT molecular complexity index is 1410. The van der Waals surface area contributed by atoms with Crippen molar-refractivity contribution in [3.8, 4) is 5.75 Å². The molecule has 0 saturated carbocycles. The molecule has 4 rings (SSSR count). The van der Waals surface area contributed by atoms with E-state index in [-0.39, 0.29) is 35.2 Å². The molecule has 1 heterocycles. The molecule has 1 unspecified atom stereocenters. The highest BCUT2D eigenvalue weighted by Gasteiger charge is 2.37. The molecule has 1 aliphatic heterocycles. The fourth-order valence-electron chi connectivity index (χ4n) is 5.68. The third-order valence-electron chi connectivity index (χ3n) is 7.90. The Kier molecular flexibility index (Phi) is 10.6. The number of nitrogens with two attached hydrogens (primary N) is 2. The van der Waals surface area contributed by atoms with E-state index < -0.39 is 10.0 Å². The zero-order chi connectivity index (χ0) is 30.3. The molecule has 4 N–H and O–H groups in total. The summed E-state index contributed by atoms with van der Waals surface area (Å²) in [6.07, 6.45) is 0. The number of aryl methyl sites for hydroxylation is 2. The summed E-state index contributed by atoms with van der Waals surface area (Å²) in [5.41, 5.74) is 9.38. The van der Waals surface area contributed by atoms with Gasteiger partial charge in [-0.05, 0) is 60.7 Å². The van der Waals surface area contributed by atoms with E-state index in [2.05, 4.69) is 5.32 Å². The normalized spacial score (nSPS) is 17.1. The Morgan fingerprint density at radius 2 is 1.55 bits per heavy atom. The summed E-state index contributed by atoms with van der Waals surface area (Å²) in [6.45, 7) is 11.4. The van der Waals surface area contributed by atoms with Crippen LogP contribution in [0.25, 0.3) is 0 Å². The number of quaternary nitrogens is 1. The molecule has 42 heavy (non-hydrogen) atoms. The van der Waals surface area contributed by atoms with Gasteiger partial charge in [0.05, 0.1) is 18.0 Å². The number of anilines is 1. The van der Waals surface area contributed by atoms with Gasteiger partial charge in [-0.1, -0.05) is 62.4 Å². The van der Waals surface area contributed by atoms with Crippen molar-refractivity contribution in [3.63, 3.8) is 0 Å². The Balaban J connectivity index is 1.52. The third kappa shape index (κ3) is 8.12. The summed E-state index contributed by atoms with van der Waals surface area (Å²) < 4.78 is 35.1. The number of carbonyl (C=O) groups is 1. The number of sulfonamides is 1. The minimum atomic E-state index is -3.70. The van der Waals surface area contributed by atoms with Crippen molar-refractivity contribution >= 4 is 21.6 Å². The molecule has 0 radical (unpaired) electrons. The molecule has 3 aromatic rings. The average molecular weight is 594 g/mol. The predicted molar refractivity (Wildman–Crippen MR) is 166 cm³/mol. The van der Waals surface area contributed by atoms with E-state index in [4.69, 9.17) is 10.5 Å². The molecule has 9 heteroatoms. The van der Waals surface area contributed by atoms with Crippen LogP contribution in [0.2, 0.25) is 0 Å². The minimum absolute atomic E-state index is 0.0510. The lowest BCUT2D eigenvalue weighted by molar-refractivity contribution is -0.640. The summed E-state index contributed by atoms with van der Waals surface area (Å²) in [4.78, 5) is 15.8. The van der Waals surface area contributed by atoms with Gasteiger partial charge in [-0.15, -0.1) is 0 Å². The maximum absolute atomic E-state index is 13.7. The number of benzene rings is 3. The number of ether oxygens (including phenoxy) is 1. The smallest absolute Gasteiger partial charge is 0.260 e. The molecule has 0 aliphatic carbocycles. The van der Waals surface area contributed by atoms with Gasteiger partial charge in [-0.3, -0.25) is 4.79 Å². The molecule has 1 saturated heterocycles. The summed E-state index contributed by atoms with van der Waals surface area (Å²) in [7, 11) is -3.70. The van der Waals surface area contributed by atoms with E-state index in [1.807, 2.05) is 81.1 Å². The Hall–Kier alpha value is -3.40. The second-order valence-electron chi connectivity index (χ2n) is 11.8. The van der Waals surface area contributed by atoms with E-state index in [0.717, 1.165) is 35.5 Å². The number of carbonyl (C=O) groups excluding carboxylic acids is 1. The van der Waals surface area contributed by atoms with Crippen molar-refractivity contribution in [1.82, 2.24) is 9.21 Å². The lowest BCUT2D eigenvalue weighted by atomic mass is 9.94. The molecule has 3 aromatic carbocycles. The summed E-state index contributed by atoms with van der Waals surface area (Å²) in [5, 5.41) is 2.23. The van der Waals surface area contributed by atoms with Gasteiger partial charge in [-0.2, -0.15) is 4.31 Å². The van der Waals surface area contributed by atoms with Gasteiger partial charge in [0.2, 0.25) is 10.0 Å². The number of hydrogen-bond acceptors (Lipinski definition) is 5. The highest BCUT2D eigenvalue weighted by Crippen LogP contribution is 2.25. The summed E-state index contributed by atoms with van der Waals surface area (Å²) in [5.74, 6) is 1.05. The predicted octanol–water partition coefficient (Wildman–Crippen LogP) is 3.45. The van der Waals surface area contributed by atoms with Crippen molar-refractivity contribution < 1.29 is 23.3 Å². The SMILES string of the molecule is Cc1cccc(C)c1OCC(=O)N(Cc1ccccc1)CC1C[NH2+]C[C@H]1CN(CC(C)C)S(=O)(=O)c1ccc(N)cc1. The molecule has 0 bridgehead atoms. The number of nitrogens with zero attached hydrogens (tertiary/aromatic N) is 2. The van der Waals surface area contributed by atoms with Gasteiger partial charge in [0.15, 0.2) is 6.61 Å². The molecule has 8 nitrogen and oxygen atoms in total. The molecule has 2 atom stereocenters. The van der Waals surface area contributed by atoms with Crippen LogP contribution in [0.4, 0.5) is 5.69 Å². The van der Waals surface area contributed by atoms with Crippen LogP contribution >= 0.6 is 0 Å². The van der Waals surface area contributed by atoms with Gasteiger partial charge in [0.1, 0.15) is 5.75 Å². The van der Waals surface area contributed by atoms with E-state index >= 15 is 0 Å². The van der Waals surface area contributed by atoms with Crippen LogP contribution in [0.1, 0.15) is 30.5 Å². The summed E-state index contributed by atoms with van der Waals surface area (Å²) >= 11 is 0. The van der Waals surface area contributed by atoms with Crippen LogP contribution in [0.5, 0.6) is 5.75 Å². The average Bonchev–Trinajstić information content (AvgIpc) is 3.39. The van der Waals surface area contributed by atoms with Gasteiger partial charge < -0.3 is 20.7 Å². The van der Waals surface area contributed by atoms with E-state index in [1.54, 1.807) is 28.6 Å². The lowest BCUT2D eigenvalue weighted by Gasteiger charge is -2.31. The maximum atomic E-state index is 13.7. The highest BCUT2D eigenvalue weighted by molar-refractivity contribution is 7.89. The van der Waals surface area contributed by atoms with Crippen LogP contribution in [0.3, 0.4) is 0 Å². The first-order valence-electron chi connectivity index (χ1n) is 14.7. The van der Waals surface area contributed by atoms with Crippen molar-refractivity contribution in [1.29, 1.82) is 0 Å². The van der Waals surface area contributed by atoms with E-state index in [9.17, 15) is 13.2 Å². The number of rotatable bonds is 13. The Morgan fingerprint density at radius 3 is 2.17 bits per heavy atom. The second kappa shape index (κ2) is 14.2. The number of para-hydroxylation sites is 1. The molecule has 1 amide bonds. The van der Waals surface area contributed by atoms with Crippen LogP contribution in [-0.2, 0) is 21.4 Å². The van der Waals surface area contributed by atoms with Crippen molar-refractivity contribution in [3.05, 3.63) is 89.5 Å². The Morgan fingerprint density at radius 1 is 0.929 bits per heavy atom. The fourth-order valence-corrected chi connectivity index (χ4v) is 7.34. The molecular formula is C33H45N4O4S+. The largest absolute Gasteiger partial charge is 0.483 e. The topological polar surface area (TPSA) is 110 Å². The molecule has 226 valence electrons. The number of hydrogen-bond donors (Lipinski definition) is 2. The second-order valence-corrected chi connectivity index (χ2v) is 13.8. The zero-order valence-electron chi connectivity index (χ0n) is 25.2. The van der Waals surface area contributed by atoms with E-state index in [0.29, 0.717) is 31.9 Å². The monoisotopic (exact) mass is 593 g/mol. The molecule has 1 aliphatic rings. The molecule has 1 fully saturated rings. The van der Waals surface area contributed by atoms with Gasteiger partial charge in [-0.25, -0.2) is 8.42 Å². The molecule has 0 spiro atoms. The highest BCUT2D eigenvalue weighted by atomic mass is 32.2. The first-order valence-corrected chi connectivity index (χ1v) is 16.2. The van der Waals surface area contributed by atoms with Gasteiger partial charge >= 0.3 is 0 Å². The van der Waals surface area contributed by atoms with Crippen LogP contribution in [0, 0.1) is 31.6 Å². The molecule has 0 aromatic heterocycles. The number of nitrogen functional groups attached to an aromatic ring is 1. The fraction of sp³-hybridized carbons (Fsp3) is 0.424. The van der Waals surface area contributed by atoms with Crippen molar-refractivity contribution in [2.24, 2.45) is 17.8 Å². The first-order chi connectivity index (χ1) is 20.0. The third-order valence-corrected chi connectivity index (χ3v) is 9.75. The standard InChI is InChI=1S/C33H44N4O4S/c1-24(2)19-37(42(39,40)31-15-13-30(34)14-16-31)22-29-18-35-17-28(29)21-36(20-27-11-6-5-7-12-27)32(38)23-41-33-25(3)9-8-10-26(33)4/h5-16,24,28-29,35H,17-23,34H2,1-4H3/p+1/t28?,29-/m0/s1. The maximum Gasteiger partial charge on any atom is 0.260 e. The first kappa shape index (κ1) is 31.5. The lowest BCUT2D eigenvalue weighted by Crippen LogP contribution is -2.82. The van der Waals surface area contributed by atoms with Crippen molar-refractivity contribution in [2.45, 2.75) is 39.1 Å². The van der Waals surface area contributed by atoms with Gasteiger partial charge in [0.25, 0.3) is 5.91 Å². The van der Waals surface area contributed by atoms with Crippen LogP contribution in [-0.4, -0.2) is 62.9 Å². The quantitative estimate of drug-likeness (QED) is 0.295. The summed E-state index contributed by atoms with van der Waals surface area (Å²) in [6, 6.07) is 22.3. The van der Waals surface area contributed by atoms with Crippen molar-refractivity contribution in [2.75, 3.05) is 45.1 Å². The van der Waals surface area contributed by atoms with Crippen LogP contribution < -0.4 is 15.8 Å².